The van der Waals surface area contributed by atoms with Gasteiger partial charge in [0.1, 0.15) is 17.0 Å². The molecule has 1 N–H and O–H groups in total. The van der Waals surface area contributed by atoms with Crippen LogP contribution in [0.25, 0.3) is 16.9 Å². The summed E-state index contributed by atoms with van der Waals surface area (Å²) in [6.45, 7) is 5.24. The van der Waals surface area contributed by atoms with Crippen molar-refractivity contribution in [2.24, 2.45) is 0 Å². The van der Waals surface area contributed by atoms with Crippen LogP contribution in [0.1, 0.15) is 28.0 Å². The van der Waals surface area contributed by atoms with Gasteiger partial charge < -0.3 is 10.1 Å². The molecule has 0 bridgehead atoms. The minimum atomic E-state index is -0.121. The number of aromatic nitrogens is 2. The fourth-order valence-electron chi connectivity index (χ4n) is 2.78. The van der Waals surface area contributed by atoms with E-state index in [0.717, 1.165) is 23.2 Å². The maximum Gasteiger partial charge on any atom is 0.270 e. The van der Waals surface area contributed by atoms with Crippen molar-refractivity contribution in [3.05, 3.63) is 59.4 Å². The van der Waals surface area contributed by atoms with Crippen LogP contribution >= 0.6 is 0 Å². The lowest BCUT2D eigenvalue weighted by Crippen LogP contribution is -2.27. The highest BCUT2D eigenvalue weighted by atomic mass is 16.5. The van der Waals surface area contributed by atoms with Gasteiger partial charge in [-0.05, 0) is 31.9 Å². The number of ether oxygens (including phenoxy) is 1. The Hall–Kier alpha value is -2.66. The van der Waals surface area contributed by atoms with Crippen molar-refractivity contribution in [3.63, 3.8) is 0 Å². The average Bonchev–Trinajstić information content (AvgIpc) is 2.97. The Balaban J connectivity index is 2.03. The Labute approximate surface area is 147 Å². The van der Waals surface area contributed by atoms with Gasteiger partial charge in [0, 0.05) is 32.0 Å². The molecule has 3 aromatic rings. The highest BCUT2D eigenvalue weighted by molar-refractivity contribution is 5.99. The number of hydrogen-bond donors (Lipinski definition) is 1. The second-order valence-corrected chi connectivity index (χ2v) is 6.21. The minimum absolute atomic E-state index is 0.121. The van der Waals surface area contributed by atoms with E-state index in [0.29, 0.717) is 24.5 Å². The summed E-state index contributed by atoms with van der Waals surface area (Å²) in [6, 6.07) is 12.0. The summed E-state index contributed by atoms with van der Waals surface area (Å²) in [5.74, 6) is -0.121. The van der Waals surface area contributed by atoms with E-state index in [1.54, 1.807) is 7.11 Å². The summed E-state index contributed by atoms with van der Waals surface area (Å²) in [5.41, 5.74) is 5.23. The molecule has 0 saturated carbocycles. The van der Waals surface area contributed by atoms with Gasteiger partial charge >= 0.3 is 0 Å². The van der Waals surface area contributed by atoms with Crippen molar-refractivity contribution < 1.29 is 9.53 Å². The third-order valence-corrected chi connectivity index (χ3v) is 4.12. The van der Waals surface area contributed by atoms with Crippen LogP contribution < -0.4 is 5.32 Å². The van der Waals surface area contributed by atoms with Crippen molar-refractivity contribution in [1.82, 2.24) is 14.7 Å². The molecule has 0 radical (unpaired) electrons. The molecule has 0 fully saturated rings. The van der Waals surface area contributed by atoms with Gasteiger partial charge in [-0.3, -0.25) is 9.20 Å². The lowest BCUT2D eigenvalue weighted by atomic mass is 10.1. The number of methoxy groups -OCH3 is 1. The standard InChI is InChI=1S/C20H23N3O2/c1-14-5-8-16(9-6-14)18-19(20(24)21-11-4-12-25-3)23-13-15(2)7-10-17(23)22-18/h5-10,13H,4,11-12H2,1-3H3,(H,21,24). The number of carbonyl (C=O) groups is 1. The molecule has 0 spiro atoms. The number of fused-ring (bicyclic) bond motifs is 1. The zero-order valence-electron chi connectivity index (χ0n) is 14.9. The van der Waals surface area contributed by atoms with Crippen LogP contribution in [-0.2, 0) is 4.74 Å². The van der Waals surface area contributed by atoms with E-state index in [1.807, 2.05) is 60.8 Å². The minimum Gasteiger partial charge on any atom is -0.385 e. The summed E-state index contributed by atoms with van der Waals surface area (Å²) in [4.78, 5) is 17.5. The number of carbonyl (C=O) groups excluding carboxylic acids is 1. The van der Waals surface area contributed by atoms with E-state index < -0.39 is 0 Å². The summed E-state index contributed by atoms with van der Waals surface area (Å²) in [5, 5.41) is 2.97. The molecule has 5 nitrogen and oxygen atoms in total. The second kappa shape index (κ2) is 7.49. The average molecular weight is 337 g/mol. The number of hydrogen-bond acceptors (Lipinski definition) is 3. The van der Waals surface area contributed by atoms with Gasteiger partial charge in [-0.2, -0.15) is 0 Å². The molecule has 2 aromatic heterocycles. The molecule has 2 heterocycles. The van der Waals surface area contributed by atoms with Crippen LogP contribution in [0.15, 0.2) is 42.6 Å². The van der Waals surface area contributed by atoms with E-state index in [9.17, 15) is 4.79 Å². The summed E-state index contributed by atoms with van der Waals surface area (Å²) in [6.07, 6.45) is 2.72. The predicted molar refractivity (Wildman–Crippen MR) is 98.9 cm³/mol. The van der Waals surface area contributed by atoms with E-state index >= 15 is 0 Å². The Bertz CT molecular complexity index is 882. The van der Waals surface area contributed by atoms with Crippen molar-refractivity contribution in [3.8, 4) is 11.3 Å². The molecule has 25 heavy (non-hydrogen) atoms. The smallest absolute Gasteiger partial charge is 0.270 e. The molecule has 130 valence electrons. The van der Waals surface area contributed by atoms with E-state index in [4.69, 9.17) is 9.72 Å². The molecular formula is C20H23N3O2. The molecule has 0 aliphatic heterocycles. The largest absolute Gasteiger partial charge is 0.385 e. The normalized spacial score (nSPS) is 11.0. The number of amides is 1. The van der Waals surface area contributed by atoms with Crippen LogP contribution in [0, 0.1) is 13.8 Å². The third-order valence-electron chi connectivity index (χ3n) is 4.12. The molecular weight excluding hydrogens is 314 g/mol. The maximum atomic E-state index is 12.8. The van der Waals surface area contributed by atoms with Crippen molar-refractivity contribution in [2.45, 2.75) is 20.3 Å². The molecule has 0 unspecified atom stereocenters. The number of pyridine rings is 1. The molecule has 0 aliphatic rings. The Morgan fingerprint density at radius 1 is 1.12 bits per heavy atom. The highest BCUT2D eigenvalue weighted by Gasteiger charge is 2.20. The maximum absolute atomic E-state index is 12.8. The Kier molecular flexibility index (Phi) is 5.14. The first-order chi connectivity index (χ1) is 12.1. The van der Waals surface area contributed by atoms with Gasteiger partial charge in [0.2, 0.25) is 0 Å². The van der Waals surface area contributed by atoms with Gasteiger partial charge in [0.05, 0.1) is 0 Å². The van der Waals surface area contributed by atoms with Crippen molar-refractivity contribution >= 4 is 11.6 Å². The van der Waals surface area contributed by atoms with E-state index in [1.165, 1.54) is 5.56 Å². The van der Waals surface area contributed by atoms with Crippen LogP contribution in [0.3, 0.4) is 0 Å². The predicted octanol–water partition coefficient (Wildman–Crippen LogP) is 3.38. The third kappa shape index (κ3) is 3.72. The zero-order chi connectivity index (χ0) is 17.8. The number of nitrogens with zero attached hydrogens (tertiary/aromatic N) is 2. The number of rotatable bonds is 6. The van der Waals surface area contributed by atoms with Crippen molar-refractivity contribution in [1.29, 1.82) is 0 Å². The molecule has 0 saturated heterocycles. The summed E-state index contributed by atoms with van der Waals surface area (Å²) in [7, 11) is 1.66. The summed E-state index contributed by atoms with van der Waals surface area (Å²) >= 11 is 0. The number of benzene rings is 1. The van der Waals surface area contributed by atoms with Gasteiger partial charge in [0.15, 0.2) is 0 Å². The zero-order valence-corrected chi connectivity index (χ0v) is 14.9. The highest BCUT2D eigenvalue weighted by Crippen LogP contribution is 2.25. The molecule has 1 aromatic carbocycles. The molecule has 5 heteroatoms. The Morgan fingerprint density at radius 3 is 2.56 bits per heavy atom. The van der Waals surface area contributed by atoms with Gasteiger partial charge in [-0.1, -0.05) is 35.9 Å². The molecule has 3 rings (SSSR count). The van der Waals surface area contributed by atoms with Crippen molar-refractivity contribution in [2.75, 3.05) is 20.3 Å². The fourth-order valence-corrected chi connectivity index (χ4v) is 2.78. The van der Waals surface area contributed by atoms with Crippen LogP contribution in [0.5, 0.6) is 0 Å². The van der Waals surface area contributed by atoms with Crippen LogP contribution in [0.4, 0.5) is 0 Å². The monoisotopic (exact) mass is 337 g/mol. The lowest BCUT2D eigenvalue weighted by Gasteiger charge is -2.08. The van der Waals surface area contributed by atoms with Crippen LogP contribution in [0.2, 0.25) is 0 Å². The second-order valence-electron chi connectivity index (χ2n) is 6.21. The quantitative estimate of drug-likeness (QED) is 0.702. The van der Waals surface area contributed by atoms with Crippen LogP contribution in [-0.4, -0.2) is 35.6 Å². The number of nitrogens with one attached hydrogen (secondary N) is 1. The van der Waals surface area contributed by atoms with E-state index in [2.05, 4.69) is 5.32 Å². The molecule has 1 amide bonds. The van der Waals surface area contributed by atoms with Gasteiger partial charge in [-0.25, -0.2) is 4.98 Å². The summed E-state index contributed by atoms with van der Waals surface area (Å²) < 4.78 is 6.91. The van der Waals surface area contributed by atoms with Gasteiger partial charge in [0.25, 0.3) is 5.91 Å². The lowest BCUT2D eigenvalue weighted by molar-refractivity contribution is 0.0943. The molecule has 0 atom stereocenters. The molecule has 0 aliphatic carbocycles. The first-order valence-electron chi connectivity index (χ1n) is 8.43. The first kappa shape index (κ1) is 17.2. The number of imidazole rings is 1. The topological polar surface area (TPSA) is 55.6 Å². The number of aryl methyl sites for hydroxylation is 2. The first-order valence-corrected chi connectivity index (χ1v) is 8.43. The SMILES string of the molecule is COCCCNC(=O)c1c(-c2ccc(C)cc2)nc2ccc(C)cn12. The fraction of sp³-hybridized carbons (Fsp3) is 0.300. The van der Waals surface area contributed by atoms with Gasteiger partial charge in [-0.15, -0.1) is 0 Å². The van der Waals surface area contributed by atoms with E-state index in [-0.39, 0.29) is 5.91 Å². The Morgan fingerprint density at radius 2 is 1.84 bits per heavy atom.